The van der Waals surface area contributed by atoms with Gasteiger partial charge in [0.15, 0.2) is 0 Å². The molecule has 0 fully saturated rings. The highest BCUT2D eigenvalue weighted by atomic mass is 19.3. The van der Waals surface area contributed by atoms with Crippen molar-refractivity contribution in [3.8, 4) is 0 Å². The van der Waals surface area contributed by atoms with Crippen LogP contribution in [-0.2, 0) is 9.59 Å². The standard InChI is InChI=1S/C6H8F4N2O2.C6H12F4N2/c7-5(8,1-3(11)13)2-6(9,10)4(12)14;7-5(8,1-2-11)3-6(9,10)4-12/h1-2H2,(H2,11,13)(H2,12,14);1-4,11-12H2. The zero-order valence-electron chi connectivity index (χ0n) is 13.4. The highest BCUT2D eigenvalue weighted by Crippen LogP contribution is 2.33. The van der Waals surface area contributed by atoms with Crippen molar-refractivity contribution >= 4 is 11.8 Å². The molecular formula is C12H20F8N4O2. The molecule has 156 valence electrons. The van der Waals surface area contributed by atoms with Crippen LogP contribution in [-0.4, -0.2) is 48.6 Å². The topological polar surface area (TPSA) is 138 Å². The van der Waals surface area contributed by atoms with Crippen LogP contribution in [0.1, 0.15) is 25.7 Å². The van der Waals surface area contributed by atoms with E-state index in [1.54, 1.807) is 0 Å². The predicted octanol–water partition coefficient (Wildman–Crippen LogP) is 0.962. The van der Waals surface area contributed by atoms with Gasteiger partial charge in [0.25, 0.3) is 23.7 Å². The van der Waals surface area contributed by atoms with Crippen molar-refractivity contribution in [2.24, 2.45) is 22.9 Å². The normalized spacial score (nSPS) is 13.0. The Labute approximate surface area is 143 Å². The lowest BCUT2D eigenvalue weighted by Crippen LogP contribution is -2.42. The first-order valence-electron chi connectivity index (χ1n) is 6.89. The molecule has 6 nitrogen and oxygen atoms in total. The SMILES string of the molecule is NC(=O)CC(F)(F)CC(F)(F)C(N)=O.NCCC(F)(F)CC(F)(F)CN. The zero-order chi connectivity index (χ0) is 21.4. The van der Waals surface area contributed by atoms with Crippen LogP contribution in [0.15, 0.2) is 0 Å². The molecule has 0 radical (unpaired) electrons. The molecule has 0 rings (SSSR count). The molecule has 0 aliphatic carbocycles. The molecule has 0 bridgehead atoms. The third kappa shape index (κ3) is 12.6. The van der Waals surface area contributed by atoms with Crippen molar-refractivity contribution in [1.29, 1.82) is 0 Å². The van der Waals surface area contributed by atoms with Crippen LogP contribution in [0.2, 0.25) is 0 Å². The van der Waals surface area contributed by atoms with Crippen LogP contribution in [0.3, 0.4) is 0 Å². The maximum absolute atomic E-state index is 12.5. The minimum atomic E-state index is -4.35. The third-order valence-electron chi connectivity index (χ3n) is 2.60. The summed E-state index contributed by atoms with van der Waals surface area (Å²) in [4.78, 5) is 20.1. The first-order chi connectivity index (χ1) is 11.4. The van der Waals surface area contributed by atoms with Crippen LogP contribution < -0.4 is 22.9 Å². The van der Waals surface area contributed by atoms with Crippen LogP contribution in [0.5, 0.6) is 0 Å². The number of rotatable bonds is 10. The van der Waals surface area contributed by atoms with Gasteiger partial charge >= 0.3 is 5.92 Å². The number of nitrogens with two attached hydrogens (primary N) is 4. The van der Waals surface area contributed by atoms with E-state index in [1.165, 1.54) is 0 Å². The molecule has 0 aliphatic heterocycles. The van der Waals surface area contributed by atoms with E-state index >= 15 is 0 Å². The lowest BCUT2D eigenvalue weighted by molar-refractivity contribution is -0.159. The zero-order valence-corrected chi connectivity index (χ0v) is 13.4. The van der Waals surface area contributed by atoms with Gasteiger partial charge in [0.2, 0.25) is 5.91 Å². The van der Waals surface area contributed by atoms with E-state index in [2.05, 4.69) is 17.2 Å². The van der Waals surface area contributed by atoms with Gasteiger partial charge in [-0.2, -0.15) is 8.78 Å². The monoisotopic (exact) mass is 404 g/mol. The lowest BCUT2D eigenvalue weighted by atomic mass is 10.1. The van der Waals surface area contributed by atoms with E-state index < -0.39 is 67.7 Å². The molecule has 8 N–H and O–H groups in total. The van der Waals surface area contributed by atoms with Crippen molar-refractivity contribution in [2.75, 3.05) is 13.1 Å². The Hall–Kier alpha value is -1.70. The minimum absolute atomic E-state index is 0.312. The smallest absolute Gasteiger partial charge is 0.330 e. The minimum Gasteiger partial charge on any atom is -0.369 e. The Morgan fingerprint density at radius 3 is 1.50 bits per heavy atom. The summed E-state index contributed by atoms with van der Waals surface area (Å²) in [6.07, 6.45) is -5.91. The van der Waals surface area contributed by atoms with Crippen molar-refractivity contribution < 1.29 is 44.7 Å². The maximum Gasteiger partial charge on any atom is 0.330 e. The van der Waals surface area contributed by atoms with Crippen molar-refractivity contribution in [3.05, 3.63) is 0 Å². The molecule has 0 saturated carbocycles. The molecule has 0 heterocycles. The molecule has 0 unspecified atom stereocenters. The van der Waals surface area contributed by atoms with Gasteiger partial charge in [-0.1, -0.05) is 0 Å². The van der Waals surface area contributed by atoms with Gasteiger partial charge in [-0.15, -0.1) is 0 Å². The summed E-state index contributed by atoms with van der Waals surface area (Å²) < 4.78 is 99.5. The molecule has 0 saturated heterocycles. The lowest BCUT2D eigenvalue weighted by Gasteiger charge is -2.21. The number of amides is 2. The number of primary amides is 2. The molecule has 26 heavy (non-hydrogen) atoms. The van der Waals surface area contributed by atoms with Crippen molar-refractivity contribution in [2.45, 2.75) is 49.4 Å². The highest BCUT2D eigenvalue weighted by Gasteiger charge is 2.48. The van der Waals surface area contributed by atoms with E-state index in [0.29, 0.717) is 0 Å². The Morgan fingerprint density at radius 1 is 0.731 bits per heavy atom. The Balaban J connectivity index is 0. The molecule has 0 aliphatic rings. The van der Waals surface area contributed by atoms with Crippen LogP contribution in [0.4, 0.5) is 35.1 Å². The molecule has 0 aromatic heterocycles. The number of halogens is 8. The Kier molecular flexibility index (Phi) is 10.0. The fourth-order valence-corrected chi connectivity index (χ4v) is 1.48. The quantitative estimate of drug-likeness (QED) is 0.403. The maximum atomic E-state index is 12.5. The summed E-state index contributed by atoms with van der Waals surface area (Å²) in [5.41, 5.74) is 18.0. The fraction of sp³-hybridized carbons (Fsp3) is 0.833. The second kappa shape index (κ2) is 9.85. The van der Waals surface area contributed by atoms with Gasteiger partial charge in [-0.25, -0.2) is 26.3 Å². The molecule has 0 aromatic rings. The average molecular weight is 404 g/mol. The van der Waals surface area contributed by atoms with Crippen molar-refractivity contribution in [3.63, 3.8) is 0 Å². The number of hydrogen-bond donors (Lipinski definition) is 4. The molecule has 0 atom stereocenters. The predicted molar refractivity (Wildman–Crippen MR) is 74.8 cm³/mol. The average Bonchev–Trinajstić information content (AvgIpc) is 2.34. The van der Waals surface area contributed by atoms with E-state index in [9.17, 15) is 44.7 Å². The van der Waals surface area contributed by atoms with Gasteiger partial charge in [0.1, 0.15) is 0 Å². The molecule has 14 heteroatoms. The first kappa shape index (κ1) is 26.5. The summed E-state index contributed by atoms with van der Waals surface area (Å²) in [7, 11) is 0. The fourth-order valence-electron chi connectivity index (χ4n) is 1.48. The molecule has 0 aromatic carbocycles. The first-order valence-corrected chi connectivity index (χ1v) is 6.89. The van der Waals surface area contributed by atoms with E-state index in [0.717, 1.165) is 0 Å². The van der Waals surface area contributed by atoms with E-state index in [-0.39, 0.29) is 6.54 Å². The molecule has 0 spiro atoms. The van der Waals surface area contributed by atoms with Gasteiger partial charge in [0, 0.05) is 6.42 Å². The number of hydrogen-bond acceptors (Lipinski definition) is 4. The summed E-state index contributed by atoms with van der Waals surface area (Å²) in [5.74, 6) is -18.9. The number of carbonyl (C=O) groups excluding carboxylic acids is 2. The number of alkyl halides is 8. The summed E-state index contributed by atoms with van der Waals surface area (Å²) in [6.45, 7) is -1.37. The largest absolute Gasteiger partial charge is 0.369 e. The second-order valence-corrected chi connectivity index (χ2v) is 5.38. The Morgan fingerprint density at radius 2 is 1.19 bits per heavy atom. The van der Waals surface area contributed by atoms with E-state index in [1.807, 2.05) is 0 Å². The van der Waals surface area contributed by atoms with Gasteiger partial charge in [-0.3, -0.25) is 9.59 Å². The van der Waals surface area contributed by atoms with Crippen LogP contribution >= 0.6 is 0 Å². The summed E-state index contributed by atoms with van der Waals surface area (Å²) in [6, 6.07) is 0. The molecule has 2 amide bonds. The Bertz CT molecular complexity index is 474. The van der Waals surface area contributed by atoms with Gasteiger partial charge in [0.05, 0.1) is 25.8 Å². The highest BCUT2D eigenvalue weighted by molar-refractivity contribution is 5.81. The van der Waals surface area contributed by atoms with Gasteiger partial charge in [-0.05, 0) is 6.54 Å². The van der Waals surface area contributed by atoms with Crippen LogP contribution in [0, 0.1) is 0 Å². The van der Waals surface area contributed by atoms with Crippen LogP contribution in [0.25, 0.3) is 0 Å². The van der Waals surface area contributed by atoms with Crippen molar-refractivity contribution in [1.82, 2.24) is 0 Å². The number of carbonyl (C=O) groups is 2. The summed E-state index contributed by atoms with van der Waals surface area (Å²) in [5, 5.41) is 0. The molecular weight excluding hydrogens is 384 g/mol. The van der Waals surface area contributed by atoms with Gasteiger partial charge < -0.3 is 22.9 Å². The second-order valence-electron chi connectivity index (χ2n) is 5.38. The van der Waals surface area contributed by atoms with E-state index in [4.69, 9.17) is 5.73 Å². The third-order valence-corrected chi connectivity index (χ3v) is 2.60. The summed E-state index contributed by atoms with van der Waals surface area (Å²) >= 11 is 0.